The lowest BCUT2D eigenvalue weighted by Crippen LogP contribution is -2.21. The SMILES string of the molecule is CC(C)(O)c1ccc(C(=O)Oc2cc(C(C)(C)O)cc(C(C)(C)O)c2)cc1. The maximum Gasteiger partial charge on any atom is 0.343 e. The van der Waals surface area contributed by atoms with Crippen LogP contribution in [0.2, 0.25) is 0 Å². The highest BCUT2D eigenvalue weighted by Crippen LogP contribution is 2.31. The fourth-order valence-electron chi connectivity index (χ4n) is 2.54. The normalized spacial score (nSPS) is 12.8. The molecule has 5 nitrogen and oxygen atoms in total. The molecule has 0 unspecified atom stereocenters. The van der Waals surface area contributed by atoms with E-state index >= 15 is 0 Å². The fourth-order valence-corrected chi connectivity index (χ4v) is 2.54. The molecule has 0 heterocycles. The molecule has 0 bridgehead atoms. The standard InChI is InChI=1S/C22H28O5/c1-20(2,24)15-9-7-14(8-10-15)19(23)27-18-12-16(21(3,4)25)11-17(13-18)22(5,6)26/h7-13,24-26H,1-6H3. The summed E-state index contributed by atoms with van der Waals surface area (Å²) in [7, 11) is 0. The van der Waals surface area contributed by atoms with Gasteiger partial charge >= 0.3 is 5.97 Å². The van der Waals surface area contributed by atoms with Crippen LogP contribution in [0.4, 0.5) is 0 Å². The molecule has 0 aliphatic carbocycles. The van der Waals surface area contributed by atoms with Gasteiger partial charge in [-0.2, -0.15) is 0 Å². The summed E-state index contributed by atoms with van der Waals surface area (Å²) in [5, 5.41) is 30.6. The second kappa shape index (κ2) is 7.08. The number of hydrogen-bond donors (Lipinski definition) is 3. The van der Waals surface area contributed by atoms with Gasteiger partial charge in [-0.3, -0.25) is 0 Å². The highest BCUT2D eigenvalue weighted by atomic mass is 16.5. The Hall–Kier alpha value is -2.21. The van der Waals surface area contributed by atoms with E-state index in [-0.39, 0.29) is 5.75 Å². The Morgan fingerprint density at radius 1 is 0.704 bits per heavy atom. The zero-order chi connectivity index (χ0) is 20.6. The summed E-state index contributed by atoms with van der Waals surface area (Å²) in [5.41, 5.74) is -1.22. The van der Waals surface area contributed by atoms with Crippen LogP contribution in [0.3, 0.4) is 0 Å². The Kier molecular flexibility index (Phi) is 5.53. The van der Waals surface area contributed by atoms with Crippen molar-refractivity contribution in [2.24, 2.45) is 0 Å². The second-order valence-corrected chi connectivity index (χ2v) is 8.39. The molecule has 0 amide bonds. The Morgan fingerprint density at radius 2 is 1.11 bits per heavy atom. The predicted molar refractivity (Wildman–Crippen MR) is 104 cm³/mol. The molecule has 2 rings (SSSR count). The average molecular weight is 372 g/mol. The summed E-state index contributed by atoms with van der Waals surface area (Å²) >= 11 is 0. The van der Waals surface area contributed by atoms with Crippen LogP contribution in [-0.4, -0.2) is 21.3 Å². The summed E-state index contributed by atoms with van der Waals surface area (Å²) in [4.78, 5) is 12.5. The van der Waals surface area contributed by atoms with Crippen molar-refractivity contribution in [3.63, 3.8) is 0 Å². The Morgan fingerprint density at radius 3 is 1.48 bits per heavy atom. The highest BCUT2D eigenvalue weighted by molar-refractivity contribution is 5.91. The molecule has 0 radical (unpaired) electrons. The molecule has 0 spiro atoms. The maximum atomic E-state index is 12.5. The third kappa shape index (κ3) is 5.39. The molecule has 0 saturated heterocycles. The smallest absolute Gasteiger partial charge is 0.343 e. The van der Waals surface area contributed by atoms with Gasteiger partial charge < -0.3 is 20.1 Å². The molecular weight excluding hydrogens is 344 g/mol. The highest BCUT2D eigenvalue weighted by Gasteiger charge is 2.24. The van der Waals surface area contributed by atoms with Crippen LogP contribution in [0.5, 0.6) is 5.75 Å². The van der Waals surface area contributed by atoms with Gasteiger partial charge in [-0.1, -0.05) is 12.1 Å². The van der Waals surface area contributed by atoms with E-state index in [4.69, 9.17) is 4.74 Å². The minimum absolute atomic E-state index is 0.239. The molecule has 3 N–H and O–H groups in total. The number of benzene rings is 2. The third-order valence-corrected chi connectivity index (χ3v) is 4.36. The molecular formula is C22H28O5. The predicted octanol–water partition coefficient (Wildman–Crippen LogP) is 3.59. The van der Waals surface area contributed by atoms with Gasteiger partial charge in [0.1, 0.15) is 5.75 Å². The van der Waals surface area contributed by atoms with Crippen molar-refractivity contribution in [3.8, 4) is 5.75 Å². The van der Waals surface area contributed by atoms with Crippen molar-refractivity contribution in [2.45, 2.75) is 58.3 Å². The van der Waals surface area contributed by atoms with E-state index in [1.165, 1.54) is 0 Å². The van der Waals surface area contributed by atoms with Gasteiger partial charge in [0, 0.05) is 0 Å². The second-order valence-electron chi connectivity index (χ2n) is 8.39. The third-order valence-electron chi connectivity index (χ3n) is 4.36. The van der Waals surface area contributed by atoms with Gasteiger partial charge in [-0.25, -0.2) is 4.79 Å². The number of carbonyl (C=O) groups excluding carboxylic acids is 1. The Bertz CT molecular complexity index is 784. The zero-order valence-corrected chi connectivity index (χ0v) is 16.7. The van der Waals surface area contributed by atoms with Crippen molar-refractivity contribution in [3.05, 3.63) is 64.7 Å². The minimum Gasteiger partial charge on any atom is -0.423 e. The summed E-state index contributed by atoms with van der Waals surface area (Å²) in [6.07, 6.45) is 0. The lowest BCUT2D eigenvalue weighted by Gasteiger charge is -2.24. The van der Waals surface area contributed by atoms with E-state index in [1.807, 2.05) is 0 Å². The molecule has 146 valence electrons. The lowest BCUT2D eigenvalue weighted by molar-refractivity contribution is 0.0673. The van der Waals surface area contributed by atoms with Crippen LogP contribution in [0.25, 0.3) is 0 Å². The van der Waals surface area contributed by atoms with E-state index in [0.717, 1.165) is 0 Å². The number of hydrogen-bond acceptors (Lipinski definition) is 5. The quantitative estimate of drug-likeness (QED) is 0.551. The van der Waals surface area contributed by atoms with Crippen LogP contribution < -0.4 is 4.74 Å². The first-order valence-corrected chi connectivity index (χ1v) is 8.84. The van der Waals surface area contributed by atoms with Crippen molar-refractivity contribution >= 4 is 5.97 Å². The first-order chi connectivity index (χ1) is 12.2. The molecule has 0 fully saturated rings. The summed E-state index contributed by atoms with van der Waals surface area (Å²) in [5.74, 6) is -0.324. The molecule has 0 aliphatic rings. The van der Waals surface area contributed by atoms with Crippen molar-refractivity contribution in [1.82, 2.24) is 0 Å². The van der Waals surface area contributed by atoms with Crippen molar-refractivity contribution < 1.29 is 24.9 Å². The van der Waals surface area contributed by atoms with Gasteiger partial charge in [-0.05, 0) is 88.6 Å². The van der Waals surface area contributed by atoms with Crippen LogP contribution in [0.1, 0.15) is 68.6 Å². The van der Waals surface area contributed by atoms with E-state index in [2.05, 4.69) is 0 Å². The number of aliphatic hydroxyl groups is 3. The molecule has 0 aliphatic heterocycles. The van der Waals surface area contributed by atoms with Crippen molar-refractivity contribution in [1.29, 1.82) is 0 Å². The van der Waals surface area contributed by atoms with Crippen molar-refractivity contribution in [2.75, 3.05) is 0 Å². The lowest BCUT2D eigenvalue weighted by atomic mass is 9.90. The van der Waals surface area contributed by atoms with Crippen LogP contribution in [-0.2, 0) is 16.8 Å². The maximum absolute atomic E-state index is 12.5. The van der Waals surface area contributed by atoms with Crippen LogP contribution in [0.15, 0.2) is 42.5 Å². The molecule has 5 heteroatoms. The van der Waals surface area contributed by atoms with Gasteiger partial charge in [-0.15, -0.1) is 0 Å². The summed E-state index contributed by atoms with van der Waals surface area (Å²) in [6, 6.07) is 11.4. The van der Waals surface area contributed by atoms with Crippen LogP contribution in [0, 0.1) is 0 Å². The van der Waals surface area contributed by atoms with Gasteiger partial charge in [0.05, 0.1) is 22.4 Å². The Labute approximate surface area is 160 Å². The molecule has 0 saturated carbocycles. The number of ether oxygens (including phenoxy) is 1. The van der Waals surface area contributed by atoms with Gasteiger partial charge in [0.2, 0.25) is 0 Å². The Balaban J connectivity index is 2.34. The zero-order valence-electron chi connectivity index (χ0n) is 16.7. The first kappa shape index (κ1) is 21.1. The van der Waals surface area contributed by atoms with E-state index in [9.17, 15) is 20.1 Å². The van der Waals surface area contributed by atoms with E-state index in [1.54, 1.807) is 84.0 Å². The fraction of sp³-hybridized carbons (Fsp3) is 0.409. The molecule has 0 aromatic heterocycles. The number of esters is 1. The van der Waals surface area contributed by atoms with Gasteiger partial charge in [0.15, 0.2) is 0 Å². The average Bonchev–Trinajstić information content (AvgIpc) is 2.52. The molecule has 0 atom stereocenters. The largest absolute Gasteiger partial charge is 0.423 e. The first-order valence-electron chi connectivity index (χ1n) is 8.84. The summed E-state index contributed by atoms with van der Waals surface area (Å²) < 4.78 is 5.47. The monoisotopic (exact) mass is 372 g/mol. The number of carbonyl (C=O) groups is 1. The van der Waals surface area contributed by atoms with E-state index < -0.39 is 22.8 Å². The molecule has 2 aromatic rings. The molecule has 27 heavy (non-hydrogen) atoms. The van der Waals surface area contributed by atoms with E-state index in [0.29, 0.717) is 22.3 Å². The topological polar surface area (TPSA) is 87.0 Å². The molecule has 2 aromatic carbocycles. The van der Waals surface area contributed by atoms with Crippen LogP contribution >= 0.6 is 0 Å². The van der Waals surface area contributed by atoms with Gasteiger partial charge in [0.25, 0.3) is 0 Å². The minimum atomic E-state index is -1.16. The number of rotatable bonds is 5. The summed E-state index contributed by atoms with van der Waals surface area (Å²) in [6.45, 7) is 9.82.